The summed E-state index contributed by atoms with van der Waals surface area (Å²) in [6, 6.07) is 8.76. The number of benzene rings is 1. The van der Waals surface area contributed by atoms with Gasteiger partial charge in [-0.3, -0.25) is 4.68 Å². The first-order valence-corrected chi connectivity index (χ1v) is 6.43. The summed E-state index contributed by atoms with van der Waals surface area (Å²) in [5.41, 5.74) is 6.07. The van der Waals surface area contributed by atoms with Crippen molar-refractivity contribution in [2.45, 2.75) is 33.7 Å². The fourth-order valence-electron chi connectivity index (χ4n) is 2.11. The van der Waals surface area contributed by atoms with E-state index in [1.165, 1.54) is 16.8 Å². The summed E-state index contributed by atoms with van der Waals surface area (Å²) >= 11 is 0. The average molecular weight is 243 g/mol. The van der Waals surface area contributed by atoms with Crippen molar-refractivity contribution < 1.29 is 0 Å². The molecule has 0 bridgehead atoms. The van der Waals surface area contributed by atoms with E-state index in [1.807, 2.05) is 18.7 Å². The predicted molar refractivity (Wildman–Crippen MR) is 75.8 cm³/mol. The van der Waals surface area contributed by atoms with Crippen LogP contribution in [0.1, 0.15) is 29.4 Å². The summed E-state index contributed by atoms with van der Waals surface area (Å²) in [4.78, 5) is 0. The van der Waals surface area contributed by atoms with Crippen molar-refractivity contribution in [3.63, 3.8) is 0 Å². The highest BCUT2D eigenvalue weighted by atomic mass is 15.3. The minimum atomic E-state index is 0.845. The second-order valence-electron chi connectivity index (χ2n) is 4.69. The molecule has 3 nitrogen and oxygen atoms in total. The third-order valence-corrected chi connectivity index (χ3v) is 3.41. The van der Waals surface area contributed by atoms with Crippen molar-refractivity contribution in [3.8, 4) is 0 Å². The van der Waals surface area contributed by atoms with Crippen molar-refractivity contribution in [1.82, 2.24) is 9.78 Å². The Morgan fingerprint density at radius 2 is 1.72 bits per heavy atom. The van der Waals surface area contributed by atoms with Crippen molar-refractivity contribution >= 4 is 5.69 Å². The Morgan fingerprint density at radius 1 is 1.11 bits per heavy atom. The Labute approximate surface area is 109 Å². The molecule has 0 aliphatic carbocycles. The fraction of sp³-hybridized carbons (Fsp3) is 0.400. The van der Waals surface area contributed by atoms with Gasteiger partial charge in [-0.2, -0.15) is 5.10 Å². The first-order valence-electron chi connectivity index (χ1n) is 6.43. The van der Waals surface area contributed by atoms with Gasteiger partial charge in [0.05, 0.1) is 17.1 Å². The molecule has 0 fully saturated rings. The van der Waals surface area contributed by atoms with Gasteiger partial charge in [-0.15, -0.1) is 0 Å². The van der Waals surface area contributed by atoms with Gasteiger partial charge in [0.15, 0.2) is 0 Å². The Morgan fingerprint density at radius 3 is 2.22 bits per heavy atom. The molecule has 2 aromatic rings. The van der Waals surface area contributed by atoms with Crippen LogP contribution in [0, 0.1) is 13.8 Å². The highest BCUT2D eigenvalue weighted by Gasteiger charge is 2.08. The third-order valence-electron chi connectivity index (χ3n) is 3.41. The second-order valence-corrected chi connectivity index (χ2v) is 4.69. The van der Waals surface area contributed by atoms with Gasteiger partial charge in [-0.25, -0.2) is 0 Å². The van der Waals surface area contributed by atoms with Crippen LogP contribution in [0.3, 0.4) is 0 Å². The number of aryl methyl sites for hydroxylation is 3. The van der Waals surface area contributed by atoms with Crippen LogP contribution < -0.4 is 5.32 Å². The Balaban J connectivity index is 2.06. The van der Waals surface area contributed by atoms with Gasteiger partial charge in [0, 0.05) is 13.6 Å². The summed E-state index contributed by atoms with van der Waals surface area (Å²) in [5.74, 6) is 0. The molecule has 1 aromatic carbocycles. The van der Waals surface area contributed by atoms with Crippen molar-refractivity contribution in [1.29, 1.82) is 0 Å². The van der Waals surface area contributed by atoms with Gasteiger partial charge in [0.2, 0.25) is 0 Å². The number of aromatic nitrogens is 2. The van der Waals surface area contributed by atoms with E-state index in [9.17, 15) is 0 Å². The topological polar surface area (TPSA) is 29.9 Å². The lowest BCUT2D eigenvalue weighted by molar-refractivity contribution is 0.731. The molecule has 0 saturated carbocycles. The van der Waals surface area contributed by atoms with E-state index in [0.29, 0.717) is 0 Å². The minimum absolute atomic E-state index is 0.845. The van der Waals surface area contributed by atoms with Crippen LogP contribution in [-0.2, 0) is 20.0 Å². The standard InChI is InChI=1S/C15H21N3/c1-5-13-6-8-14(9-7-13)10-16-15-11(2)17-18(4)12(15)3/h6-9,16H,5,10H2,1-4H3. The van der Waals surface area contributed by atoms with Crippen molar-refractivity contribution in [2.75, 3.05) is 5.32 Å². The summed E-state index contributed by atoms with van der Waals surface area (Å²) in [5, 5.41) is 7.88. The van der Waals surface area contributed by atoms with Crippen LogP contribution in [0.15, 0.2) is 24.3 Å². The normalized spacial score (nSPS) is 10.7. The number of nitrogens with zero attached hydrogens (tertiary/aromatic N) is 2. The van der Waals surface area contributed by atoms with Gasteiger partial charge >= 0.3 is 0 Å². The number of rotatable bonds is 4. The predicted octanol–water partition coefficient (Wildman–Crippen LogP) is 3.21. The van der Waals surface area contributed by atoms with Crippen LogP contribution in [0.5, 0.6) is 0 Å². The smallest absolute Gasteiger partial charge is 0.0827 e. The largest absolute Gasteiger partial charge is 0.378 e. The molecule has 0 amide bonds. The maximum Gasteiger partial charge on any atom is 0.0827 e. The molecule has 1 heterocycles. The average Bonchev–Trinajstić information content (AvgIpc) is 2.62. The van der Waals surface area contributed by atoms with E-state index in [0.717, 1.165) is 24.3 Å². The quantitative estimate of drug-likeness (QED) is 0.893. The highest BCUT2D eigenvalue weighted by molar-refractivity contribution is 5.52. The summed E-state index contributed by atoms with van der Waals surface area (Å²) in [7, 11) is 1.98. The minimum Gasteiger partial charge on any atom is -0.378 e. The molecule has 3 heteroatoms. The van der Waals surface area contributed by atoms with Crippen LogP contribution >= 0.6 is 0 Å². The second kappa shape index (κ2) is 5.25. The van der Waals surface area contributed by atoms with E-state index >= 15 is 0 Å². The molecule has 1 aromatic heterocycles. The molecule has 96 valence electrons. The SMILES string of the molecule is CCc1ccc(CNc2c(C)nn(C)c2C)cc1. The zero-order valence-electron chi connectivity index (χ0n) is 11.6. The molecule has 1 N–H and O–H groups in total. The lowest BCUT2D eigenvalue weighted by Crippen LogP contribution is -2.02. The number of anilines is 1. The summed E-state index contributed by atoms with van der Waals surface area (Å²) in [6.45, 7) is 7.14. The fourth-order valence-corrected chi connectivity index (χ4v) is 2.11. The van der Waals surface area contributed by atoms with Gasteiger partial charge in [-0.05, 0) is 31.4 Å². The lowest BCUT2D eigenvalue weighted by atomic mass is 10.1. The molecule has 0 atom stereocenters. The molecule has 0 aliphatic rings. The maximum absolute atomic E-state index is 4.40. The van der Waals surface area contributed by atoms with Crippen LogP contribution in [-0.4, -0.2) is 9.78 Å². The monoisotopic (exact) mass is 243 g/mol. The van der Waals surface area contributed by atoms with E-state index < -0.39 is 0 Å². The van der Waals surface area contributed by atoms with Crippen molar-refractivity contribution in [2.24, 2.45) is 7.05 Å². The lowest BCUT2D eigenvalue weighted by Gasteiger charge is -2.07. The molecule has 18 heavy (non-hydrogen) atoms. The molecule has 2 rings (SSSR count). The number of hydrogen-bond donors (Lipinski definition) is 1. The van der Waals surface area contributed by atoms with E-state index in [-0.39, 0.29) is 0 Å². The van der Waals surface area contributed by atoms with E-state index in [4.69, 9.17) is 0 Å². The number of nitrogens with one attached hydrogen (secondary N) is 1. The molecular weight excluding hydrogens is 222 g/mol. The Kier molecular flexibility index (Phi) is 3.70. The van der Waals surface area contributed by atoms with E-state index in [2.05, 4.69) is 48.5 Å². The third kappa shape index (κ3) is 2.55. The molecular formula is C15H21N3. The van der Waals surface area contributed by atoms with Gasteiger partial charge in [0.1, 0.15) is 0 Å². The summed E-state index contributed by atoms with van der Waals surface area (Å²) in [6.07, 6.45) is 1.09. The molecule has 0 spiro atoms. The van der Waals surface area contributed by atoms with Crippen LogP contribution in [0.2, 0.25) is 0 Å². The summed E-state index contributed by atoms with van der Waals surface area (Å²) < 4.78 is 1.91. The zero-order chi connectivity index (χ0) is 13.1. The molecule has 0 radical (unpaired) electrons. The molecule has 0 saturated heterocycles. The zero-order valence-corrected chi connectivity index (χ0v) is 11.6. The van der Waals surface area contributed by atoms with Crippen LogP contribution in [0.4, 0.5) is 5.69 Å². The Bertz CT molecular complexity index is 523. The highest BCUT2D eigenvalue weighted by Crippen LogP contribution is 2.19. The van der Waals surface area contributed by atoms with Gasteiger partial charge in [0.25, 0.3) is 0 Å². The van der Waals surface area contributed by atoms with Gasteiger partial charge < -0.3 is 5.32 Å². The molecule has 0 aliphatic heterocycles. The molecule has 0 unspecified atom stereocenters. The van der Waals surface area contributed by atoms with Crippen LogP contribution in [0.25, 0.3) is 0 Å². The van der Waals surface area contributed by atoms with E-state index in [1.54, 1.807) is 0 Å². The van der Waals surface area contributed by atoms with Crippen molar-refractivity contribution in [3.05, 3.63) is 46.8 Å². The first kappa shape index (κ1) is 12.7. The number of hydrogen-bond acceptors (Lipinski definition) is 2. The van der Waals surface area contributed by atoms with Gasteiger partial charge in [-0.1, -0.05) is 31.2 Å². The maximum atomic E-state index is 4.40. The first-order chi connectivity index (χ1) is 8.61. The Hall–Kier alpha value is -1.77.